The first-order valence-electron chi connectivity index (χ1n) is 5.97. The molecular formula is C15H17BrN2. The Morgan fingerprint density at radius 2 is 1.89 bits per heavy atom. The summed E-state index contributed by atoms with van der Waals surface area (Å²) in [5, 5.41) is 3.32. The Hall–Kier alpha value is -1.19. The summed E-state index contributed by atoms with van der Waals surface area (Å²) in [6.45, 7) is 4.27. The van der Waals surface area contributed by atoms with Gasteiger partial charge in [-0.15, -0.1) is 0 Å². The maximum atomic E-state index is 4.47. The van der Waals surface area contributed by atoms with Gasteiger partial charge in [-0.25, -0.2) is 0 Å². The predicted molar refractivity (Wildman–Crippen MR) is 78.8 cm³/mol. The first kappa shape index (κ1) is 13.2. The molecule has 1 aromatic heterocycles. The molecular weight excluding hydrogens is 288 g/mol. The van der Waals surface area contributed by atoms with Crippen molar-refractivity contribution in [2.75, 3.05) is 7.05 Å². The summed E-state index contributed by atoms with van der Waals surface area (Å²) in [4.78, 5) is 4.47. The van der Waals surface area contributed by atoms with E-state index in [2.05, 4.69) is 58.3 Å². The van der Waals surface area contributed by atoms with E-state index in [9.17, 15) is 0 Å². The quantitative estimate of drug-likeness (QED) is 0.933. The van der Waals surface area contributed by atoms with Crippen molar-refractivity contribution in [3.05, 3.63) is 63.4 Å². The van der Waals surface area contributed by atoms with Crippen molar-refractivity contribution in [3.63, 3.8) is 0 Å². The fourth-order valence-corrected chi connectivity index (χ4v) is 2.22. The van der Waals surface area contributed by atoms with Crippen LogP contribution in [0, 0.1) is 13.8 Å². The maximum absolute atomic E-state index is 4.47. The molecule has 18 heavy (non-hydrogen) atoms. The third-order valence-electron chi connectivity index (χ3n) is 3.20. The van der Waals surface area contributed by atoms with Crippen LogP contribution in [0.2, 0.25) is 0 Å². The van der Waals surface area contributed by atoms with Gasteiger partial charge in [-0.1, -0.05) is 18.2 Å². The molecule has 0 spiro atoms. The standard InChI is InChI=1S/C15H17BrN2/c1-10-4-5-12(8-11(10)2)15(17-3)14-7-6-13(16)9-18-14/h4-9,15,17H,1-3H3. The van der Waals surface area contributed by atoms with Crippen LogP contribution >= 0.6 is 15.9 Å². The van der Waals surface area contributed by atoms with Gasteiger partial charge in [-0.05, 0) is 65.6 Å². The van der Waals surface area contributed by atoms with E-state index in [1.807, 2.05) is 25.4 Å². The van der Waals surface area contributed by atoms with Gasteiger partial charge in [0.2, 0.25) is 0 Å². The van der Waals surface area contributed by atoms with Gasteiger partial charge >= 0.3 is 0 Å². The zero-order valence-electron chi connectivity index (χ0n) is 10.9. The topological polar surface area (TPSA) is 24.9 Å². The Morgan fingerprint density at radius 1 is 1.11 bits per heavy atom. The van der Waals surface area contributed by atoms with Crippen LogP contribution in [-0.4, -0.2) is 12.0 Å². The number of aryl methyl sites for hydroxylation is 2. The molecule has 94 valence electrons. The van der Waals surface area contributed by atoms with Gasteiger partial charge in [0.1, 0.15) is 0 Å². The number of halogens is 1. The zero-order valence-corrected chi connectivity index (χ0v) is 12.5. The second-order valence-corrected chi connectivity index (χ2v) is 5.38. The van der Waals surface area contributed by atoms with Crippen LogP contribution in [0.4, 0.5) is 0 Å². The summed E-state index contributed by atoms with van der Waals surface area (Å²) >= 11 is 3.41. The number of nitrogens with one attached hydrogen (secondary N) is 1. The highest BCUT2D eigenvalue weighted by atomic mass is 79.9. The van der Waals surface area contributed by atoms with Gasteiger partial charge in [0.15, 0.2) is 0 Å². The highest BCUT2D eigenvalue weighted by Crippen LogP contribution is 2.23. The molecule has 2 rings (SSSR count). The molecule has 0 aliphatic carbocycles. The summed E-state index contributed by atoms with van der Waals surface area (Å²) in [6.07, 6.45) is 1.83. The third kappa shape index (κ3) is 2.79. The van der Waals surface area contributed by atoms with E-state index in [0.29, 0.717) is 0 Å². The number of nitrogens with zero attached hydrogens (tertiary/aromatic N) is 1. The summed E-state index contributed by atoms with van der Waals surface area (Å²) < 4.78 is 1.00. The molecule has 2 nitrogen and oxygen atoms in total. The summed E-state index contributed by atoms with van der Waals surface area (Å²) in [6, 6.07) is 10.7. The smallest absolute Gasteiger partial charge is 0.0749 e. The van der Waals surface area contributed by atoms with E-state index < -0.39 is 0 Å². The molecule has 0 amide bonds. The van der Waals surface area contributed by atoms with Crippen molar-refractivity contribution in [2.24, 2.45) is 0 Å². The first-order valence-corrected chi connectivity index (χ1v) is 6.77. The number of pyridine rings is 1. The van der Waals surface area contributed by atoms with Gasteiger partial charge in [0, 0.05) is 10.7 Å². The molecule has 1 heterocycles. The van der Waals surface area contributed by atoms with Crippen molar-refractivity contribution in [1.29, 1.82) is 0 Å². The Balaban J connectivity index is 2.38. The van der Waals surface area contributed by atoms with Crippen LogP contribution in [-0.2, 0) is 0 Å². The molecule has 1 N–H and O–H groups in total. The van der Waals surface area contributed by atoms with Crippen molar-refractivity contribution in [2.45, 2.75) is 19.9 Å². The van der Waals surface area contributed by atoms with Crippen LogP contribution in [0.3, 0.4) is 0 Å². The lowest BCUT2D eigenvalue weighted by atomic mass is 9.99. The fraction of sp³-hybridized carbons (Fsp3) is 0.267. The summed E-state index contributed by atoms with van der Waals surface area (Å²) in [5.74, 6) is 0. The Kier molecular flexibility index (Phi) is 4.15. The van der Waals surface area contributed by atoms with E-state index >= 15 is 0 Å². The molecule has 0 radical (unpaired) electrons. The van der Waals surface area contributed by atoms with Crippen LogP contribution in [0.1, 0.15) is 28.4 Å². The lowest BCUT2D eigenvalue weighted by Crippen LogP contribution is -2.19. The molecule has 0 fully saturated rings. The molecule has 2 aromatic rings. The number of hydrogen-bond acceptors (Lipinski definition) is 2. The molecule has 1 unspecified atom stereocenters. The van der Waals surface area contributed by atoms with Crippen molar-refractivity contribution < 1.29 is 0 Å². The molecule has 0 bridgehead atoms. The second kappa shape index (κ2) is 5.63. The molecule has 1 aromatic carbocycles. The van der Waals surface area contributed by atoms with Gasteiger partial charge in [-0.3, -0.25) is 4.98 Å². The SMILES string of the molecule is CNC(c1ccc(C)c(C)c1)c1ccc(Br)cn1. The number of hydrogen-bond donors (Lipinski definition) is 1. The minimum absolute atomic E-state index is 0.136. The lowest BCUT2D eigenvalue weighted by molar-refractivity contribution is 0.670. The average Bonchev–Trinajstić information content (AvgIpc) is 2.37. The van der Waals surface area contributed by atoms with E-state index in [1.54, 1.807) is 0 Å². The van der Waals surface area contributed by atoms with Crippen molar-refractivity contribution in [3.8, 4) is 0 Å². The maximum Gasteiger partial charge on any atom is 0.0749 e. The zero-order chi connectivity index (χ0) is 13.1. The van der Waals surface area contributed by atoms with E-state index in [1.165, 1.54) is 16.7 Å². The van der Waals surface area contributed by atoms with E-state index in [0.717, 1.165) is 10.2 Å². The molecule has 0 aliphatic heterocycles. The molecule has 0 aliphatic rings. The second-order valence-electron chi connectivity index (χ2n) is 4.47. The first-order chi connectivity index (χ1) is 8.61. The summed E-state index contributed by atoms with van der Waals surface area (Å²) in [5.41, 5.74) is 4.90. The number of benzene rings is 1. The summed E-state index contributed by atoms with van der Waals surface area (Å²) in [7, 11) is 1.96. The highest BCUT2D eigenvalue weighted by molar-refractivity contribution is 9.10. The van der Waals surface area contributed by atoms with Gasteiger partial charge in [-0.2, -0.15) is 0 Å². The normalized spacial score (nSPS) is 12.4. The van der Waals surface area contributed by atoms with Crippen LogP contribution < -0.4 is 5.32 Å². The van der Waals surface area contributed by atoms with Crippen LogP contribution in [0.15, 0.2) is 41.0 Å². The van der Waals surface area contributed by atoms with E-state index in [4.69, 9.17) is 0 Å². The Morgan fingerprint density at radius 3 is 2.44 bits per heavy atom. The van der Waals surface area contributed by atoms with Crippen LogP contribution in [0.25, 0.3) is 0 Å². The highest BCUT2D eigenvalue weighted by Gasteiger charge is 2.13. The molecule has 0 saturated carbocycles. The number of rotatable bonds is 3. The monoisotopic (exact) mass is 304 g/mol. The van der Waals surface area contributed by atoms with E-state index in [-0.39, 0.29) is 6.04 Å². The van der Waals surface area contributed by atoms with Gasteiger partial charge in [0.05, 0.1) is 11.7 Å². The third-order valence-corrected chi connectivity index (χ3v) is 3.67. The fourth-order valence-electron chi connectivity index (χ4n) is 1.99. The minimum Gasteiger partial charge on any atom is -0.308 e. The van der Waals surface area contributed by atoms with Gasteiger partial charge in [0.25, 0.3) is 0 Å². The largest absolute Gasteiger partial charge is 0.308 e. The Bertz CT molecular complexity index is 535. The molecule has 0 saturated heterocycles. The average molecular weight is 305 g/mol. The lowest BCUT2D eigenvalue weighted by Gasteiger charge is -2.17. The predicted octanol–water partition coefficient (Wildman–Crippen LogP) is 3.77. The van der Waals surface area contributed by atoms with Crippen LogP contribution in [0.5, 0.6) is 0 Å². The van der Waals surface area contributed by atoms with Gasteiger partial charge < -0.3 is 5.32 Å². The van der Waals surface area contributed by atoms with Crippen molar-refractivity contribution >= 4 is 15.9 Å². The minimum atomic E-state index is 0.136. The Labute approximate surface area is 117 Å². The molecule has 1 atom stereocenters. The van der Waals surface area contributed by atoms with Crippen molar-refractivity contribution in [1.82, 2.24) is 10.3 Å². The number of aromatic nitrogens is 1. The molecule has 3 heteroatoms.